The van der Waals surface area contributed by atoms with E-state index in [0.717, 1.165) is 0 Å². The number of hydrogen-bond donors (Lipinski definition) is 0. The van der Waals surface area contributed by atoms with Crippen LogP contribution in [0.5, 0.6) is 0 Å². The second-order valence-corrected chi connectivity index (χ2v) is 2.35. The summed E-state index contributed by atoms with van der Waals surface area (Å²) >= 11 is 0. The van der Waals surface area contributed by atoms with Crippen LogP contribution in [0.2, 0.25) is 0 Å². The van der Waals surface area contributed by atoms with Gasteiger partial charge in [0.15, 0.2) is 0 Å². The molecule has 0 unspecified atom stereocenters. The molecule has 0 bridgehead atoms. The molecule has 0 saturated carbocycles. The summed E-state index contributed by atoms with van der Waals surface area (Å²) in [5.41, 5.74) is -0.217. The summed E-state index contributed by atoms with van der Waals surface area (Å²) in [4.78, 5) is 21.9. The van der Waals surface area contributed by atoms with Gasteiger partial charge in [-0.15, -0.1) is 6.26 Å². The van der Waals surface area contributed by atoms with E-state index in [2.05, 4.69) is 9.47 Å². The van der Waals surface area contributed by atoms with Crippen molar-refractivity contribution in [1.82, 2.24) is 0 Å². The first-order chi connectivity index (χ1) is 6.65. The van der Waals surface area contributed by atoms with Crippen molar-refractivity contribution >= 4 is 11.9 Å². The van der Waals surface area contributed by atoms with Crippen LogP contribution in [0.3, 0.4) is 0 Å². The van der Waals surface area contributed by atoms with Crippen molar-refractivity contribution < 1.29 is 75.6 Å². The largest absolute Gasteiger partial charge is 1.00 e. The molecule has 0 amide bonds. The van der Waals surface area contributed by atoms with Gasteiger partial charge >= 0.3 is 63.3 Å². The van der Waals surface area contributed by atoms with Gasteiger partial charge in [-0.05, 0) is 13.8 Å². The molecule has 0 aromatic heterocycles. The van der Waals surface area contributed by atoms with Crippen LogP contribution in [-0.2, 0) is 19.1 Å². The van der Waals surface area contributed by atoms with Crippen molar-refractivity contribution in [2.45, 2.75) is 20.3 Å². The molecule has 0 fully saturated rings. The molecule has 0 N–H and O–H groups in total. The third kappa shape index (κ3) is 7.98. The van der Waals surface area contributed by atoms with Crippen molar-refractivity contribution in [1.29, 1.82) is 0 Å². The fourth-order valence-electron chi connectivity index (χ4n) is 0.753. The molecule has 0 spiro atoms. The Balaban J connectivity index is 0. The average Bonchev–Trinajstić information content (AvgIpc) is 2.15. The fraction of sp³-hybridized carbons (Fsp3) is 0.556. The molecule has 15 heavy (non-hydrogen) atoms. The Hall–Kier alpha value is 0.116. The summed E-state index contributed by atoms with van der Waals surface area (Å²) < 4.78 is 9.13. The van der Waals surface area contributed by atoms with E-state index >= 15 is 0 Å². The molecule has 0 aromatic rings. The standard InChI is InChI=1S/C9H14O5.K/c1-3-13-8(11)5-7(6-10)9(12)14-4-2;/h6,10H,3-5H2,1-2H3;/q;+1/p-1/b7-6-;. The Morgan fingerprint density at radius 1 is 1.20 bits per heavy atom. The first kappa shape index (κ1) is 17.5. The Morgan fingerprint density at radius 2 is 1.73 bits per heavy atom. The van der Waals surface area contributed by atoms with Crippen molar-refractivity contribution in [2.24, 2.45) is 0 Å². The predicted octanol–water partition coefficient (Wildman–Crippen LogP) is -3.25. The first-order valence-corrected chi connectivity index (χ1v) is 4.29. The normalized spacial score (nSPS) is 10.1. The Labute approximate surface area is 131 Å². The topological polar surface area (TPSA) is 75.7 Å². The summed E-state index contributed by atoms with van der Waals surface area (Å²) in [5, 5.41) is 10.4. The van der Waals surface area contributed by atoms with Crippen molar-refractivity contribution in [3.05, 3.63) is 11.8 Å². The minimum Gasteiger partial charge on any atom is -0.878 e. The van der Waals surface area contributed by atoms with E-state index in [9.17, 15) is 14.7 Å². The fourth-order valence-corrected chi connectivity index (χ4v) is 0.753. The molecule has 0 saturated heterocycles. The van der Waals surface area contributed by atoms with Crippen LogP contribution >= 0.6 is 0 Å². The number of carbonyl (C=O) groups excluding carboxylic acids is 2. The van der Waals surface area contributed by atoms with Crippen LogP contribution in [0.15, 0.2) is 11.8 Å². The van der Waals surface area contributed by atoms with Gasteiger partial charge in [-0.25, -0.2) is 4.79 Å². The third-order valence-electron chi connectivity index (χ3n) is 1.32. The SMILES string of the molecule is CCOC(=O)C/C(=C/[O-])C(=O)OCC.[K+]. The third-order valence-corrected chi connectivity index (χ3v) is 1.32. The minimum atomic E-state index is -0.768. The van der Waals surface area contributed by atoms with Gasteiger partial charge in [0.25, 0.3) is 0 Å². The van der Waals surface area contributed by atoms with E-state index in [1.54, 1.807) is 13.8 Å². The van der Waals surface area contributed by atoms with Gasteiger partial charge in [0.1, 0.15) is 0 Å². The number of carbonyl (C=O) groups is 2. The molecule has 5 nitrogen and oxygen atoms in total. The molecule has 0 heterocycles. The number of rotatable bonds is 5. The number of esters is 2. The summed E-state index contributed by atoms with van der Waals surface area (Å²) in [7, 11) is 0. The maximum atomic E-state index is 11.0. The van der Waals surface area contributed by atoms with Gasteiger partial charge in [-0.3, -0.25) is 4.79 Å². The van der Waals surface area contributed by atoms with Crippen LogP contribution in [-0.4, -0.2) is 25.2 Å². The molecule has 0 aromatic carbocycles. The van der Waals surface area contributed by atoms with Crippen molar-refractivity contribution in [3.63, 3.8) is 0 Å². The summed E-state index contributed by atoms with van der Waals surface area (Å²) in [6, 6.07) is 0. The van der Waals surface area contributed by atoms with Gasteiger partial charge in [0, 0.05) is 5.57 Å². The quantitative estimate of drug-likeness (QED) is 0.218. The van der Waals surface area contributed by atoms with Gasteiger partial charge < -0.3 is 14.6 Å². The second kappa shape index (κ2) is 10.6. The monoisotopic (exact) mass is 240 g/mol. The van der Waals surface area contributed by atoms with Crippen LogP contribution in [0, 0.1) is 0 Å². The molecule has 6 heteroatoms. The van der Waals surface area contributed by atoms with Crippen LogP contribution in [0.1, 0.15) is 20.3 Å². The minimum absolute atomic E-state index is 0. The second-order valence-electron chi connectivity index (χ2n) is 2.35. The molecule has 80 valence electrons. The Bertz CT molecular complexity index is 237. The zero-order valence-electron chi connectivity index (χ0n) is 9.24. The van der Waals surface area contributed by atoms with E-state index in [-0.39, 0.29) is 76.6 Å². The molecular weight excluding hydrogens is 227 g/mol. The van der Waals surface area contributed by atoms with Crippen LogP contribution in [0.25, 0.3) is 0 Å². The number of hydrogen-bond acceptors (Lipinski definition) is 5. The molecule has 0 rings (SSSR count). The zero-order chi connectivity index (χ0) is 11.0. The Kier molecular flexibility index (Phi) is 12.4. The molecule has 0 aliphatic carbocycles. The van der Waals surface area contributed by atoms with Crippen LogP contribution < -0.4 is 56.5 Å². The zero-order valence-corrected chi connectivity index (χ0v) is 12.4. The number of ether oxygens (including phenoxy) is 2. The van der Waals surface area contributed by atoms with E-state index in [1.165, 1.54) is 0 Å². The van der Waals surface area contributed by atoms with E-state index in [0.29, 0.717) is 6.26 Å². The van der Waals surface area contributed by atoms with E-state index < -0.39 is 11.9 Å². The van der Waals surface area contributed by atoms with E-state index in [4.69, 9.17) is 0 Å². The molecule has 0 aliphatic heterocycles. The van der Waals surface area contributed by atoms with Crippen molar-refractivity contribution in [2.75, 3.05) is 13.2 Å². The smallest absolute Gasteiger partial charge is 0.878 e. The van der Waals surface area contributed by atoms with Gasteiger partial charge in [-0.1, -0.05) is 0 Å². The average molecular weight is 240 g/mol. The molecule has 0 atom stereocenters. The Morgan fingerprint density at radius 3 is 2.13 bits per heavy atom. The summed E-state index contributed by atoms with van der Waals surface area (Å²) in [6.07, 6.45) is -0.0227. The van der Waals surface area contributed by atoms with E-state index in [1.807, 2.05) is 0 Å². The predicted molar refractivity (Wildman–Crippen MR) is 46.0 cm³/mol. The summed E-state index contributed by atoms with van der Waals surface area (Å²) in [6.45, 7) is 3.64. The first-order valence-electron chi connectivity index (χ1n) is 4.29. The van der Waals surface area contributed by atoms with Gasteiger partial charge in [0.05, 0.1) is 19.6 Å². The van der Waals surface area contributed by atoms with Crippen molar-refractivity contribution in [3.8, 4) is 0 Å². The molecule has 0 aliphatic rings. The maximum Gasteiger partial charge on any atom is 1.00 e. The van der Waals surface area contributed by atoms with Gasteiger partial charge in [0.2, 0.25) is 0 Å². The maximum absolute atomic E-state index is 11.0. The molecule has 0 radical (unpaired) electrons. The van der Waals surface area contributed by atoms with Gasteiger partial charge in [-0.2, -0.15) is 0 Å². The molecular formula is C9H13KO5. The summed E-state index contributed by atoms with van der Waals surface area (Å²) in [5.74, 6) is -1.38. The van der Waals surface area contributed by atoms with Crippen LogP contribution in [0.4, 0.5) is 0 Å².